The molecule has 0 aliphatic carbocycles. The standard InChI is InChI=1S/C11H12N2O5S2/c1-13(6-8-4-3-5-18-8)20(15,16)11-9(10(14)17-2)12-7-19-11/h3-5,7H,6H2,1-2H3. The first kappa shape index (κ1) is 14.7. The Morgan fingerprint density at radius 1 is 1.55 bits per heavy atom. The number of furan rings is 1. The van der Waals surface area contributed by atoms with Crippen molar-refractivity contribution in [3.63, 3.8) is 0 Å². The minimum Gasteiger partial charge on any atom is -0.468 e. The number of thiazole rings is 1. The normalized spacial score (nSPS) is 11.8. The lowest BCUT2D eigenvalue weighted by Crippen LogP contribution is -2.27. The largest absolute Gasteiger partial charge is 0.468 e. The molecule has 7 nitrogen and oxygen atoms in total. The van der Waals surface area contributed by atoms with Gasteiger partial charge in [-0.2, -0.15) is 4.31 Å². The summed E-state index contributed by atoms with van der Waals surface area (Å²) in [6.07, 6.45) is 1.46. The second-order valence-corrected chi connectivity index (χ2v) is 6.92. The van der Waals surface area contributed by atoms with E-state index >= 15 is 0 Å². The molecule has 0 N–H and O–H groups in total. The van der Waals surface area contributed by atoms with Crippen molar-refractivity contribution in [2.75, 3.05) is 14.2 Å². The summed E-state index contributed by atoms with van der Waals surface area (Å²) in [5, 5.41) is 0. The highest BCUT2D eigenvalue weighted by atomic mass is 32.2. The zero-order chi connectivity index (χ0) is 14.8. The van der Waals surface area contributed by atoms with Crippen molar-refractivity contribution in [1.29, 1.82) is 0 Å². The molecule has 0 atom stereocenters. The van der Waals surface area contributed by atoms with Gasteiger partial charge < -0.3 is 9.15 Å². The highest BCUT2D eigenvalue weighted by Gasteiger charge is 2.30. The summed E-state index contributed by atoms with van der Waals surface area (Å²) in [5.41, 5.74) is 1.09. The maximum Gasteiger partial charge on any atom is 0.358 e. The average Bonchev–Trinajstić information content (AvgIpc) is 3.08. The molecular formula is C11H12N2O5S2. The molecule has 0 aliphatic heterocycles. The Bertz CT molecular complexity index is 690. The molecule has 9 heteroatoms. The van der Waals surface area contributed by atoms with Crippen LogP contribution in [0.1, 0.15) is 16.2 Å². The molecule has 2 aromatic heterocycles. The van der Waals surface area contributed by atoms with Crippen LogP contribution in [-0.4, -0.2) is 37.8 Å². The third-order valence-corrected chi connectivity index (χ3v) is 5.67. The van der Waals surface area contributed by atoms with Crippen LogP contribution < -0.4 is 0 Å². The predicted molar refractivity (Wildman–Crippen MR) is 70.8 cm³/mol. The summed E-state index contributed by atoms with van der Waals surface area (Å²) in [6, 6.07) is 3.34. The van der Waals surface area contributed by atoms with Gasteiger partial charge in [0, 0.05) is 7.05 Å². The third kappa shape index (κ3) is 2.74. The Hall–Kier alpha value is -1.71. The van der Waals surface area contributed by atoms with Gasteiger partial charge in [0.1, 0.15) is 5.76 Å². The molecule has 2 heterocycles. The van der Waals surface area contributed by atoms with Gasteiger partial charge in [-0.15, -0.1) is 11.3 Å². The van der Waals surface area contributed by atoms with Gasteiger partial charge >= 0.3 is 5.97 Å². The third-order valence-electron chi connectivity index (χ3n) is 2.52. The monoisotopic (exact) mass is 316 g/mol. The SMILES string of the molecule is COC(=O)c1ncsc1S(=O)(=O)N(C)Cc1ccco1. The van der Waals surface area contributed by atoms with Crippen LogP contribution in [0.25, 0.3) is 0 Å². The number of hydrogen-bond donors (Lipinski definition) is 0. The molecule has 0 radical (unpaired) electrons. The van der Waals surface area contributed by atoms with E-state index in [4.69, 9.17) is 4.42 Å². The molecule has 0 aromatic carbocycles. The zero-order valence-corrected chi connectivity index (χ0v) is 12.4. The number of sulfonamides is 1. The molecule has 108 valence electrons. The Balaban J connectivity index is 2.30. The molecule has 0 spiro atoms. The van der Waals surface area contributed by atoms with Crippen molar-refractivity contribution in [3.05, 3.63) is 35.4 Å². The Labute approximate surface area is 119 Å². The van der Waals surface area contributed by atoms with Gasteiger partial charge in [0.25, 0.3) is 10.0 Å². The summed E-state index contributed by atoms with van der Waals surface area (Å²) in [5.74, 6) is -0.281. The summed E-state index contributed by atoms with van der Waals surface area (Å²) in [6.45, 7) is 0.0633. The molecule has 0 unspecified atom stereocenters. The molecule has 0 fully saturated rings. The van der Waals surface area contributed by atoms with E-state index < -0.39 is 16.0 Å². The Morgan fingerprint density at radius 2 is 2.30 bits per heavy atom. The van der Waals surface area contributed by atoms with Crippen LogP contribution in [0, 0.1) is 0 Å². The molecular weight excluding hydrogens is 304 g/mol. The average molecular weight is 316 g/mol. The van der Waals surface area contributed by atoms with Gasteiger partial charge in [0.15, 0.2) is 9.90 Å². The lowest BCUT2D eigenvalue weighted by Gasteiger charge is -2.14. The first-order valence-corrected chi connectivity index (χ1v) is 7.79. The van der Waals surface area contributed by atoms with Gasteiger partial charge in [-0.05, 0) is 12.1 Å². The van der Waals surface area contributed by atoms with Crippen LogP contribution in [0.5, 0.6) is 0 Å². The lowest BCUT2D eigenvalue weighted by atomic mass is 10.4. The minimum atomic E-state index is -3.83. The van der Waals surface area contributed by atoms with Gasteiger partial charge in [-0.3, -0.25) is 0 Å². The zero-order valence-electron chi connectivity index (χ0n) is 10.8. The van der Waals surface area contributed by atoms with E-state index in [0.717, 1.165) is 15.6 Å². The van der Waals surface area contributed by atoms with Crippen LogP contribution in [0.3, 0.4) is 0 Å². The van der Waals surface area contributed by atoms with Crippen LogP contribution in [0.2, 0.25) is 0 Å². The summed E-state index contributed by atoms with van der Waals surface area (Å²) < 4.78 is 35.4. The molecule has 0 bridgehead atoms. The van der Waals surface area contributed by atoms with E-state index in [1.54, 1.807) is 12.1 Å². The summed E-state index contributed by atoms with van der Waals surface area (Å²) >= 11 is 0.869. The maximum absolute atomic E-state index is 12.4. The predicted octanol–water partition coefficient (Wildman–Crippen LogP) is 1.34. The number of rotatable bonds is 5. The fraction of sp³-hybridized carbons (Fsp3) is 0.273. The molecule has 0 aliphatic rings. The molecule has 0 amide bonds. The second-order valence-electron chi connectivity index (χ2n) is 3.82. The van der Waals surface area contributed by atoms with Crippen molar-refractivity contribution >= 4 is 27.3 Å². The Morgan fingerprint density at radius 3 is 2.90 bits per heavy atom. The number of esters is 1. The molecule has 2 rings (SSSR count). The molecule has 0 saturated carbocycles. The number of nitrogens with zero attached hydrogens (tertiary/aromatic N) is 2. The summed E-state index contributed by atoms with van der Waals surface area (Å²) in [4.78, 5) is 15.2. The van der Waals surface area contributed by atoms with Gasteiger partial charge in [-0.1, -0.05) is 0 Å². The quantitative estimate of drug-likeness (QED) is 0.773. The molecule has 0 saturated heterocycles. The van der Waals surface area contributed by atoms with Crippen LogP contribution >= 0.6 is 11.3 Å². The van der Waals surface area contributed by atoms with Gasteiger partial charge in [-0.25, -0.2) is 18.2 Å². The van der Waals surface area contributed by atoms with E-state index in [0.29, 0.717) is 5.76 Å². The van der Waals surface area contributed by atoms with E-state index in [1.807, 2.05) is 0 Å². The van der Waals surface area contributed by atoms with E-state index in [2.05, 4.69) is 9.72 Å². The van der Waals surface area contributed by atoms with Crippen molar-refractivity contribution < 1.29 is 22.4 Å². The topological polar surface area (TPSA) is 89.7 Å². The minimum absolute atomic E-state index is 0.0633. The smallest absolute Gasteiger partial charge is 0.358 e. The van der Waals surface area contributed by atoms with Gasteiger partial charge in [0.2, 0.25) is 0 Å². The van der Waals surface area contributed by atoms with Crippen molar-refractivity contribution in [2.24, 2.45) is 0 Å². The number of hydrogen-bond acceptors (Lipinski definition) is 7. The second kappa shape index (κ2) is 5.73. The molecule has 2 aromatic rings. The van der Waals surface area contributed by atoms with Crippen LogP contribution in [-0.2, 0) is 21.3 Å². The number of ether oxygens (including phenoxy) is 1. The number of carbonyl (C=O) groups is 1. The number of methoxy groups -OCH3 is 1. The highest BCUT2D eigenvalue weighted by molar-refractivity contribution is 7.91. The van der Waals surface area contributed by atoms with Crippen LogP contribution in [0.4, 0.5) is 0 Å². The summed E-state index contributed by atoms with van der Waals surface area (Å²) in [7, 11) is -1.26. The van der Waals surface area contributed by atoms with Crippen molar-refractivity contribution in [3.8, 4) is 0 Å². The number of carbonyl (C=O) groups excluding carboxylic acids is 1. The Kier molecular flexibility index (Phi) is 4.21. The first-order valence-electron chi connectivity index (χ1n) is 5.47. The molecule has 20 heavy (non-hydrogen) atoms. The highest BCUT2D eigenvalue weighted by Crippen LogP contribution is 2.25. The van der Waals surface area contributed by atoms with Gasteiger partial charge in [0.05, 0.1) is 25.4 Å². The fourth-order valence-electron chi connectivity index (χ4n) is 1.50. The number of aromatic nitrogens is 1. The maximum atomic E-state index is 12.4. The van der Waals surface area contributed by atoms with Crippen LogP contribution in [0.15, 0.2) is 32.5 Å². The van der Waals surface area contributed by atoms with E-state index in [9.17, 15) is 13.2 Å². The fourth-order valence-corrected chi connectivity index (χ4v) is 3.96. The first-order chi connectivity index (χ1) is 9.46. The van der Waals surface area contributed by atoms with E-state index in [1.165, 1.54) is 25.9 Å². The van der Waals surface area contributed by atoms with Crippen molar-refractivity contribution in [2.45, 2.75) is 10.8 Å². The van der Waals surface area contributed by atoms with E-state index in [-0.39, 0.29) is 16.4 Å². The van der Waals surface area contributed by atoms with Crippen molar-refractivity contribution in [1.82, 2.24) is 9.29 Å². The lowest BCUT2D eigenvalue weighted by molar-refractivity contribution is 0.0590.